The van der Waals surface area contributed by atoms with Crippen LogP contribution in [-0.2, 0) is 16.0 Å². The van der Waals surface area contributed by atoms with Gasteiger partial charge < -0.3 is 18.9 Å². The lowest BCUT2D eigenvalue weighted by molar-refractivity contribution is -0.141. The van der Waals surface area contributed by atoms with Crippen LogP contribution in [0.2, 0.25) is 0 Å². The van der Waals surface area contributed by atoms with E-state index in [1.54, 1.807) is 12.1 Å². The quantitative estimate of drug-likeness (QED) is 0.426. The molecule has 6 nitrogen and oxygen atoms in total. The molecule has 1 aliphatic rings. The molecule has 2 aromatic rings. The van der Waals surface area contributed by atoms with E-state index < -0.39 is 5.97 Å². The monoisotopic (exact) mass is 426 g/mol. The summed E-state index contributed by atoms with van der Waals surface area (Å²) >= 11 is 0. The van der Waals surface area contributed by atoms with Gasteiger partial charge in [-0.25, -0.2) is 0 Å². The van der Waals surface area contributed by atoms with Gasteiger partial charge in [-0.3, -0.25) is 9.59 Å². The molecule has 0 heterocycles. The van der Waals surface area contributed by atoms with Crippen LogP contribution >= 0.6 is 0 Å². The van der Waals surface area contributed by atoms with Gasteiger partial charge in [0.15, 0.2) is 23.9 Å². The molecular weight excluding hydrogens is 396 g/mol. The standard InChI is InChI=1S/C25H30O6/c1-28-22-13-17(14-23(29-2)25(22)30-3)15-24(27)31-16-21(26)20-11-9-19(10-12-20)18-7-5-4-6-8-18/h9-14,18H,4-8,15-16H2,1-3H3. The van der Waals surface area contributed by atoms with Gasteiger partial charge in [-0.1, -0.05) is 43.5 Å². The van der Waals surface area contributed by atoms with Gasteiger partial charge in [0, 0.05) is 5.56 Å². The Kier molecular flexibility index (Phi) is 7.93. The second-order valence-electron chi connectivity index (χ2n) is 7.75. The number of hydrogen-bond acceptors (Lipinski definition) is 6. The van der Waals surface area contributed by atoms with E-state index in [1.165, 1.54) is 59.0 Å². The average Bonchev–Trinajstić information content (AvgIpc) is 2.82. The zero-order valence-electron chi connectivity index (χ0n) is 18.4. The fourth-order valence-corrected chi connectivity index (χ4v) is 4.06. The minimum atomic E-state index is -0.499. The molecule has 1 aliphatic carbocycles. The Labute approximate surface area is 183 Å². The number of Topliss-reactive ketones (excluding diaryl/α,β-unsaturated/α-hetero) is 1. The van der Waals surface area contributed by atoms with Crippen LogP contribution in [0.5, 0.6) is 17.2 Å². The van der Waals surface area contributed by atoms with E-state index >= 15 is 0 Å². The third kappa shape index (κ3) is 5.78. The van der Waals surface area contributed by atoms with Crippen molar-refractivity contribution in [1.29, 1.82) is 0 Å². The Bertz CT molecular complexity index is 872. The number of methoxy groups -OCH3 is 3. The Morgan fingerprint density at radius 1 is 0.871 bits per heavy atom. The van der Waals surface area contributed by atoms with Crippen LogP contribution in [0.3, 0.4) is 0 Å². The van der Waals surface area contributed by atoms with Crippen LogP contribution in [0.25, 0.3) is 0 Å². The average molecular weight is 427 g/mol. The maximum Gasteiger partial charge on any atom is 0.310 e. The molecule has 0 bridgehead atoms. The summed E-state index contributed by atoms with van der Waals surface area (Å²) in [6, 6.07) is 11.1. The summed E-state index contributed by atoms with van der Waals surface area (Å²) < 4.78 is 21.1. The Balaban J connectivity index is 1.56. The van der Waals surface area contributed by atoms with Crippen molar-refractivity contribution in [3.63, 3.8) is 0 Å². The number of esters is 1. The third-order valence-electron chi connectivity index (χ3n) is 5.75. The second-order valence-corrected chi connectivity index (χ2v) is 7.75. The van der Waals surface area contributed by atoms with Crippen molar-refractivity contribution in [2.45, 2.75) is 44.4 Å². The van der Waals surface area contributed by atoms with Gasteiger partial charge in [-0.15, -0.1) is 0 Å². The Hall–Kier alpha value is -3.02. The molecule has 0 atom stereocenters. The molecule has 6 heteroatoms. The topological polar surface area (TPSA) is 71.1 Å². The lowest BCUT2D eigenvalue weighted by atomic mass is 9.84. The first-order chi connectivity index (χ1) is 15.0. The largest absolute Gasteiger partial charge is 0.493 e. The lowest BCUT2D eigenvalue weighted by Gasteiger charge is -2.22. The number of carbonyl (C=O) groups is 2. The van der Waals surface area contributed by atoms with Crippen molar-refractivity contribution in [2.75, 3.05) is 27.9 Å². The second kappa shape index (κ2) is 10.8. The predicted octanol–water partition coefficient (Wildman–Crippen LogP) is 4.73. The zero-order chi connectivity index (χ0) is 22.2. The first kappa shape index (κ1) is 22.7. The van der Waals surface area contributed by atoms with Crippen molar-refractivity contribution < 1.29 is 28.5 Å². The molecule has 1 fully saturated rings. The molecule has 0 spiro atoms. The predicted molar refractivity (Wildman–Crippen MR) is 117 cm³/mol. The molecule has 0 aromatic heterocycles. The van der Waals surface area contributed by atoms with Crippen molar-refractivity contribution in [3.8, 4) is 17.2 Å². The van der Waals surface area contributed by atoms with E-state index in [2.05, 4.69) is 0 Å². The minimum absolute atomic E-state index is 0.00931. The van der Waals surface area contributed by atoms with Crippen molar-refractivity contribution in [2.24, 2.45) is 0 Å². The van der Waals surface area contributed by atoms with Gasteiger partial charge in [0.2, 0.25) is 5.75 Å². The molecule has 2 aromatic carbocycles. The SMILES string of the molecule is COc1cc(CC(=O)OCC(=O)c2ccc(C3CCCCC3)cc2)cc(OC)c1OC. The summed E-state index contributed by atoms with van der Waals surface area (Å²) in [5.41, 5.74) is 2.49. The normalized spacial score (nSPS) is 14.0. The van der Waals surface area contributed by atoms with Gasteiger partial charge in [0.1, 0.15) is 0 Å². The molecule has 31 heavy (non-hydrogen) atoms. The van der Waals surface area contributed by atoms with E-state index in [4.69, 9.17) is 18.9 Å². The summed E-state index contributed by atoms with van der Waals surface area (Å²) in [6.07, 6.45) is 6.28. The number of rotatable bonds is 9. The number of benzene rings is 2. The van der Waals surface area contributed by atoms with Crippen LogP contribution < -0.4 is 14.2 Å². The fourth-order valence-electron chi connectivity index (χ4n) is 4.06. The van der Waals surface area contributed by atoms with Gasteiger partial charge in [0.25, 0.3) is 0 Å². The molecule has 0 unspecified atom stereocenters. The van der Waals surface area contributed by atoms with Crippen LogP contribution in [0.4, 0.5) is 0 Å². The maximum atomic E-state index is 12.4. The van der Waals surface area contributed by atoms with Crippen molar-refractivity contribution >= 4 is 11.8 Å². The summed E-state index contributed by atoms with van der Waals surface area (Å²) in [6.45, 7) is -0.286. The van der Waals surface area contributed by atoms with Crippen LogP contribution in [0.15, 0.2) is 36.4 Å². The van der Waals surface area contributed by atoms with Gasteiger partial charge in [-0.05, 0) is 42.0 Å². The van der Waals surface area contributed by atoms with Crippen LogP contribution in [-0.4, -0.2) is 39.7 Å². The van der Waals surface area contributed by atoms with Crippen LogP contribution in [0.1, 0.15) is 59.5 Å². The maximum absolute atomic E-state index is 12.4. The van der Waals surface area contributed by atoms with E-state index in [0.717, 1.165) is 0 Å². The molecule has 1 saturated carbocycles. The van der Waals surface area contributed by atoms with Crippen molar-refractivity contribution in [1.82, 2.24) is 0 Å². The summed E-state index contributed by atoms with van der Waals surface area (Å²) in [4.78, 5) is 24.7. The van der Waals surface area contributed by atoms with E-state index in [0.29, 0.717) is 34.3 Å². The van der Waals surface area contributed by atoms with Gasteiger partial charge in [0.05, 0.1) is 27.8 Å². The van der Waals surface area contributed by atoms with E-state index in [9.17, 15) is 9.59 Å². The highest BCUT2D eigenvalue weighted by molar-refractivity contribution is 5.98. The highest BCUT2D eigenvalue weighted by atomic mass is 16.5. The van der Waals surface area contributed by atoms with E-state index in [1.807, 2.05) is 24.3 Å². The summed E-state index contributed by atoms with van der Waals surface area (Å²) in [7, 11) is 4.54. The smallest absolute Gasteiger partial charge is 0.310 e. The van der Waals surface area contributed by atoms with Crippen LogP contribution in [0, 0.1) is 0 Å². The fraction of sp³-hybridized carbons (Fsp3) is 0.440. The molecule has 3 rings (SSSR count). The number of hydrogen-bond donors (Lipinski definition) is 0. The Morgan fingerprint density at radius 3 is 2.03 bits per heavy atom. The molecule has 0 aliphatic heterocycles. The van der Waals surface area contributed by atoms with Crippen molar-refractivity contribution in [3.05, 3.63) is 53.1 Å². The molecular formula is C25H30O6. The number of carbonyl (C=O) groups excluding carboxylic acids is 2. The molecule has 0 N–H and O–H groups in total. The highest BCUT2D eigenvalue weighted by Gasteiger charge is 2.18. The first-order valence-corrected chi connectivity index (χ1v) is 10.6. The summed E-state index contributed by atoms with van der Waals surface area (Å²) in [5, 5.41) is 0. The third-order valence-corrected chi connectivity index (χ3v) is 5.75. The summed E-state index contributed by atoms with van der Waals surface area (Å²) in [5.74, 6) is 1.25. The van der Waals surface area contributed by atoms with E-state index in [-0.39, 0.29) is 18.8 Å². The minimum Gasteiger partial charge on any atom is -0.493 e. The lowest BCUT2D eigenvalue weighted by Crippen LogP contribution is -2.16. The number of ether oxygens (including phenoxy) is 4. The molecule has 0 radical (unpaired) electrons. The molecule has 0 amide bonds. The first-order valence-electron chi connectivity index (χ1n) is 10.6. The zero-order valence-corrected chi connectivity index (χ0v) is 18.4. The van der Waals surface area contributed by atoms with Gasteiger partial charge >= 0.3 is 5.97 Å². The number of ketones is 1. The molecule has 0 saturated heterocycles. The van der Waals surface area contributed by atoms with Gasteiger partial charge in [-0.2, -0.15) is 0 Å². The highest BCUT2D eigenvalue weighted by Crippen LogP contribution is 2.38. The Morgan fingerprint density at radius 2 is 1.48 bits per heavy atom. The molecule has 166 valence electrons.